The molecule has 1 aliphatic heterocycles. The van der Waals surface area contributed by atoms with Crippen molar-refractivity contribution in [2.24, 2.45) is 10.2 Å². The van der Waals surface area contributed by atoms with E-state index < -0.39 is 0 Å². The van der Waals surface area contributed by atoms with Crippen molar-refractivity contribution < 1.29 is 4.79 Å². The quantitative estimate of drug-likeness (QED) is 0.686. The Kier molecular flexibility index (Phi) is 3.44. The summed E-state index contributed by atoms with van der Waals surface area (Å²) < 4.78 is 0. The number of azo groups is 1. The minimum absolute atomic E-state index is 0.196. The highest BCUT2D eigenvalue weighted by molar-refractivity contribution is 5.87. The molecule has 1 atom stereocenters. The molecule has 2 rings (SSSR count). The van der Waals surface area contributed by atoms with E-state index in [-0.39, 0.29) is 11.8 Å². The molecule has 0 saturated carbocycles. The summed E-state index contributed by atoms with van der Waals surface area (Å²) in [4.78, 5) is 11.9. The summed E-state index contributed by atoms with van der Waals surface area (Å²) in [6.07, 6.45) is 3.82. The van der Waals surface area contributed by atoms with Crippen molar-refractivity contribution in [2.75, 3.05) is 0 Å². The number of hydrogen-bond donors (Lipinski definition) is 0. The summed E-state index contributed by atoms with van der Waals surface area (Å²) in [7, 11) is 0. The zero-order valence-corrected chi connectivity index (χ0v) is 9.52. The fourth-order valence-electron chi connectivity index (χ4n) is 1.92. The molecule has 0 spiro atoms. The summed E-state index contributed by atoms with van der Waals surface area (Å²) in [5.41, 5.74) is 1.81. The molecule has 3 heteroatoms. The largest absolute Gasteiger partial charge is 0.297 e. The van der Waals surface area contributed by atoms with Crippen molar-refractivity contribution in [3.63, 3.8) is 0 Å². The van der Waals surface area contributed by atoms with Crippen molar-refractivity contribution in [3.05, 3.63) is 29.8 Å². The third-order valence-corrected chi connectivity index (χ3v) is 2.84. The van der Waals surface area contributed by atoms with Crippen LogP contribution in [0.2, 0.25) is 0 Å². The van der Waals surface area contributed by atoms with E-state index in [2.05, 4.69) is 17.2 Å². The Morgan fingerprint density at radius 3 is 2.94 bits per heavy atom. The summed E-state index contributed by atoms with van der Waals surface area (Å²) in [6.45, 7) is 2.13. The number of nitrogens with zero attached hydrogens (tertiary/aromatic N) is 2. The van der Waals surface area contributed by atoms with Gasteiger partial charge >= 0.3 is 0 Å². The predicted molar refractivity (Wildman–Crippen MR) is 62.8 cm³/mol. The first-order chi connectivity index (χ1) is 7.83. The molecular weight excluding hydrogens is 200 g/mol. The normalized spacial score (nSPS) is 17.4. The SMILES string of the molecule is CCCCCC(=O)C1N=Nc2ccccc21. The Hall–Kier alpha value is -1.51. The van der Waals surface area contributed by atoms with Gasteiger partial charge in [0.25, 0.3) is 0 Å². The smallest absolute Gasteiger partial charge is 0.163 e. The zero-order chi connectivity index (χ0) is 11.4. The van der Waals surface area contributed by atoms with Crippen molar-refractivity contribution in [3.8, 4) is 0 Å². The third kappa shape index (κ3) is 2.18. The fraction of sp³-hybridized carbons (Fsp3) is 0.462. The van der Waals surface area contributed by atoms with Crippen LogP contribution >= 0.6 is 0 Å². The zero-order valence-electron chi connectivity index (χ0n) is 9.52. The highest BCUT2D eigenvalue weighted by Gasteiger charge is 2.26. The van der Waals surface area contributed by atoms with E-state index in [1.807, 2.05) is 24.3 Å². The van der Waals surface area contributed by atoms with Crippen LogP contribution in [0.5, 0.6) is 0 Å². The summed E-state index contributed by atoms with van der Waals surface area (Å²) in [5, 5.41) is 8.09. The maximum absolute atomic E-state index is 11.9. The molecule has 0 aromatic heterocycles. The second kappa shape index (κ2) is 5.01. The van der Waals surface area contributed by atoms with Gasteiger partial charge in [-0.2, -0.15) is 10.2 Å². The molecule has 0 saturated heterocycles. The lowest BCUT2D eigenvalue weighted by Crippen LogP contribution is -2.07. The van der Waals surface area contributed by atoms with Crippen molar-refractivity contribution in [1.29, 1.82) is 0 Å². The number of rotatable bonds is 5. The fourth-order valence-corrected chi connectivity index (χ4v) is 1.92. The van der Waals surface area contributed by atoms with Gasteiger partial charge in [-0.25, -0.2) is 0 Å². The lowest BCUT2D eigenvalue weighted by atomic mass is 9.99. The molecule has 84 valence electrons. The molecule has 1 heterocycles. The van der Waals surface area contributed by atoms with Gasteiger partial charge in [0.15, 0.2) is 11.8 Å². The number of Topliss-reactive ketones (excluding diaryl/α,β-unsaturated/α-hetero) is 1. The van der Waals surface area contributed by atoms with Gasteiger partial charge in [0.1, 0.15) is 0 Å². The molecule has 0 radical (unpaired) electrons. The Morgan fingerprint density at radius 1 is 1.31 bits per heavy atom. The monoisotopic (exact) mass is 216 g/mol. The predicted octanol–water partition coefficient (Wildman–Crippen LogP) is 3.97. The topological polar surface area (TPSA) is 41.8 Å². The number of carbonyl (C=O) groups excluding carboxylic acids is 1. The van der Waals surface area contributed by atoms with Crippen LogP contribution in [0.25, 0.3) is 0 Å². The van der Waals surface area contributed by atoms with Crippen LogP contribution in [0.1, 0.15) is 44.2 Å². The standard InChI is InChI=1S/C13H16N2O/c1-2-3-4-9-12(16)13-10-7-5-6-8-11(10)14-15-13/h5-8,13H,2-4,9H2,1H3. The highest BCUT2D eigenvalue weighted by Crippen LogP contribution is 2.36. The first-order valence-corrected chi connectivity index (χ1v) is 5.85. The number of benzene rings is 1. The van der Waals surface area contributed by atoms with Crippen LogP contribution in [-0.4, -0.2) is 5.78 Å². The Morgan fingerprint density at radius 2 is 2.12 bits per heavy atom. The van der Waals surface area contributed by atoms with Gasteiger partial charge in [-0.05, 0) is 12.5 Å². The number of unbranched alkanes of at least 4 members (excludes halogenated alkanes) is 2. The molecule has 0 fully saturated rings. The molecule has 0 N–H and O–H groups in total. The maximum atomic E-state index is 11.9. The van der Waals surface area contributed by atoms with E-state index in [0.29, 0.717) is 6.42 Å². The van der Waals surface area contributed by atoms with E-state index in [9.17, 15) is 4.79 Å². The summed E-state index contributed by atoms with van der Waals surface area (Å²) in [6, 6.07) is 7.35. The minimum Gasteiger partial charge on any atom is -0.297 e. The van der Waals surface area contributed by atoms with Gasteiger partial charge in [0.05, 0.1) is 5.69 Å². The molecule has 1 aromatic rings. The van der Waals surface area contributed by atoms with Crippen LogP contribution in [0.4, 0.5) is 5.69 Å². The number of ketones is 1. The molecule has 1 aliphatic rings. The maximum Gasteiger partial charge on any atom is 0.163 e. The molecule has 0 bridgehead atoms. The minimum atomic E-state index is -0.340. The van der Waals surface area contributed by atoms with Gasteiger partial charge in [0, 0.05) is 12.0 Å². The molecule has 0 amide bonds. The van der Waals surface area contributed by atoms with Gasteiger partial charge in [-0.15, -0.1) is 0 Å². The first kappa shape index (κ1) is 11.0. The molecule has 16 heavy (non-hydrogen) atoms. The molecule has 1 aromatic carbocycles. The average Bonchev–Trinajstić information content (AvgIpc) is 2.73. The van der Waals surface area contributed by atoms with Crippen molar-refractivity contribution in [1.82, 2.24) is 0 Å². The second-order valence-electron chi connectivity index (χ2n) is 4.10. The van der Waals surface area contributed by atoms with E-state index in [0.717, 1.165) is 30.5 Å². The van der Waals surface area contributed by atoms with Crippen LogP contribution in [0, 0.1) is 0 Å². The van der Waals surface area contributed by atoms with Crippen LogP contribution in [-0.2, 0) is 4.79 Å². The van der Waals surface area contributed by atoms with Gasteiger partial charge < -0.3 is 0 Å². The van der Waals surface area contributed by atoms with Gasteiger partial charge in [-0.3, -0.25) is 4.79 Å². The molecule has 3 nitrogen and oxygen atoms in total. The average molecular weight is 216 g/mol. The third-order valence-electron chi connectivity index (χ3n) is 2.84. The van der Waals surface area contributed by atoms with Crippen molar-refractivity contribution >= 4 is 11.5 Å². The van der Waals surface area contributed by atoms with Crippen molar-refractivity contribution in [2.45, 2.75) is 38.6 Å². The molecular formula is C13H16N2O. The number of carbonyl (C=O) groups is 1. The Balaban J connectivity index is 2.02. The van der Waals surface area contributed by atoms with Gasteiger partial charge in [-0.1, -0.05) is 38.0 Å². The van der Waals surface area contributed by atoms with Crippen LogP contribution < -0.4 is 0 Å². The van der Waals surface area contributed by atoms with E-state index >= 15 is 0 Å². The molecule has 0 aliphatic carbocycles. The number of hydrogen-bond acceptors (Lipinski definition) is 3. The second-order valence-corrected chi connectivity index (χ2v) is 4.10. The van der Waals surface area contributed by atoms with E-state index in [1.165, 1.54) is 0 Å². The Bertz CT molecular complexity index is 412. The lowest BCUT2D eigenvalue weighted by molar-refractivity contribution is -0.120. The van der Waals surface area contributed by atoms with Crippen LogP contribution in [0.15, 0.2) is 34.5 Å². The Labute approximate surface area is 95.6 Å². The number of fused-ring (bicyclic) bond motifs is 1. The highest BCUT2D eigenvalue weighted by atomic mass is 16.1. The first-order valence-electron chi connectivity index (χ1n) is 5.85. The lowest BCUT2D eigenvalue weighted by Gasteiger charge is -2.06. The van der Waals surface area contributed by atoms with E-state index in [1.54, 1.807) is 0 Å². The summed E-state index contributed by atoms with van der Waals surface area (Å²) in [5.74, 6) is 0.196. The molecule has 1 unspecified atom stereocenters. The van der Waals surface area contributed by atoms with E-state index in [4.69, 9.17) is 0 Å². The van der Waals surface area contributed by atoms with Gasteiger partial charge in [0.2, 0.25) is 0 Å². The summed E-state index contributed by atoms with van der Waals surface area (Å²) >= 11 is 0. The van der Waals surface area contributed by atoms with Crippen LogP contribution in [0.3, 0.4) is 0 Å².